The third-order valence-electron chi connectivity index (χ3n) is 4.78. The molecular formula is C21H22N2. The van der Waals surface area contributed by atoms with E-state index in [1.165, 1.54) is 40.9 Å². The fourth-order valence-electron chi connectivity index (χ4n) is 3.32. The fourth-order valence-corrected chi connectivity index (χ4v) is 3.32. The van der Waals surface area contributed by atoms with Gasteiger partial charge < -0.3 is 4.57 Å². The van der Waals surface area contributed by atoms with Crippen molar-refractivity contribution in [3.8, 4) is 22.4 Å². The average molecular weight is 302 g/mol. The second-order valence-electron chi connectivity index (χ2n) is 6.32. The van der Waals surface area contributed by atoms with Crippen LogP contribution in [0.25, 0.3) is 22.4 Å². The van der Waals surface area contributed by atoms with Crippen molar-refractivity contribution in [1.29, 1.82) is 0 Å². The summed E-state index contributed by atoms with van der Waals surface area (Å²) in [5.74, 6) is 1.24. The van der Waals surface area contributed by atoms with Crippen LogP contribution in [0, 0.1) is 0 Å². The van der Waals surface area contributed by atoms with Gasteiger partial charge in [-0.3, -0.25) is 0 Å². The van der Waals surface area contributed by atoms with E-state index in [0.29, 0.717) is 0 Å². The number of hydrogen-bond acceptors (Lipinski definition) is 1. The van der Waals surface area contributed by atoms with Gasteiger partial charge in [0, 0.05) is 24.7 Å². The Balaban J connectivity index is 1.61. The summed E-state index contributed by atoms with van der Waals surface area (Å²) in [6.45, 7) is 3.30. The Bertz CT molecular complexity index is 771. The number of fused-ring (bicyclic) bond motifs is 1. The predicted octanol–water partition coefficient (Wildman–Crippen LogP) is 5.12. The quantitative estimate of drug-likeness (QED) is 0.657. The minimum Gasteiger partial charge on any atom is -0.334 e. The number of benzene rings is 2. The highest BCUT2D eigenvalue weighted by Gasteiger charge is 2.13. The Hall–Kier alpha value is -2.35. The molecule has 0 fully saturated rings. The smallest absolute Gasteiger partial charge is 0.109 e. The van der Waals surface area contributed by atoms with Crippen molar-refractivity contribution in [2.45, 2.75) is 39.2 Å². The lowest BCUT2D eigenvalue weighted by Gasteiger charge is -2.11. The van der Waals surface area contributed by atoms with E-state index in [-0.39, 0.29) is 0 Å². The molecule has 0 N–H and O–H groups in total. The van der Waals surface area contributed by atoms with Gasteiger partial charge in [-0.25, -0.2) is 4.98 Å². The van der Waals surface area contributed by atoms with Crippen molar-refractivity contribution in [1.82, 2.24) is 9.55 Å². The molecule has 2 heterocycles. The Morgan fingerprint density at radius 3 is 2.17 bits per heavy atom. The number of rotatable bonds is 3. The van der Waals surface area contributed by atoms with Crippen molar-refractivity contribution in [2.75, 3.05) is 0 Å². The molecule has 0 atom stereocenters. The van der Waals surface area contributed by atoms with Gasteiger partial charge in [0.2, 0.25) is 0 Å². The maximum absolute atomic E-state index is 4.81. The summed E-state index contributed by atoms with van der Waals surface area (Å²) in [4.78, 5) is 4.81. The van der Waals surface area contributed by atoms with Gasteiger partial charge in [0.15, 0.2) is 0 Å². The molecule has 4 rings (SSSR count). The van der Waals surface area contributed by atoms with Gasteiger partial charge in [0.05, 0.1) is 5.69 Å². The number of imidazole rings is 1. The Kier molecular flexibility index (Phi) is 3.74. The summed E-state index contributed by atoms with van der Waals surface area (Å²) in [6.07, 6.45) is 6.95. The lowest BCUT2D eigenvalue weighted by atomic mass is 10.0. The highest BCUT2D eigenvalue weighted by molar-refractivity contribution is 5.68. The van der Waals surface area contributed by atoms with E-state index in [1.807, 2.05) is 0 Å². The second-order valence-corrected chi connectivity index (χ2v) is 6.32. The van der Waals surface area contributed by atoms with Crippen molar-refractivity contribution >= 4 is 0 Å². The minimum absolute atomic E-state index is 1.09. The van der Waals surface area contributed by atoms with Crippen LogP contribution in [0.15, 0.2) is 54.7 Å². The van der Waals surface area contributed by atoms with Crippen molar-refractivity contribution in [3.05, 3.63) is 66.1 Å². The molecule has 0 radical (unpaired) electrons. The monoisotopic (exact) mass is 302 g/mol. The fraction of sp³-hybridized carbons (Fsp3) is 0.286. The molecule has 0 amide bonds. The first kappa shape index (κ1) is 14.3. The summed E-state index contributed by atoms with van der Waals surface area (Å²) < 4.78 is 2.32. The molecule has 0 aliphatic carbocycles. The predicted molar refractivity (Wildman–Crippen MR) is 95.4 cm³/mol. The van der Waals surface area contributed by atoms with Crippen LogP contribution in [-0.2, 0) is 19.4 Å². The first-order valence-corrected chi connectivity index (χ1v) is 8.59. The van der Waals surface area contributed by atoms with E-state index in [4.69, 9.17) is 4.98 Å². The SMILES string of the molecule is CCc1ccc(-c2ccc(-c3cn4c(n3)CCCC4)cc2)cc1. The molecule has 2 aromatic carbocycles. The van der Waals surface area contributed by atoms with Gasteiger partial charge in [-0.1, -0.05) is 55.5 Å². The summed E-state index contributed by atoms with van der Waals surface area (Å²) >= 11 is 0. The molecule has 1 aliphatic rings. The molecular weight excluding hydrogens is 280 g/mol. The molecule has 0 saturated carbocycles. The molecule has 2 nitrogen and oxygen atoms in total. The topological polar surface area (TPSA) is 17.8 Å². The van der Waals surface area contributed by atoms with Crippen LogP contribution in [0.5, 0.6) is 0 Å². The summed E-state index contributed by atoms with van der Waals surface area (Å²) in [6, 6.07) is 17.6. The maximum atomic E-state index is 4.81. The van der Waals surface area contributed by atoms with E-state index in [1.54, 1.807) is 0 Å². The third-order valence-corrected chi connectivity index (χ3v) is 4.78. The van der Waals surface area contributed by atoms with Crippen LogP contribution in [-0.4, -0.2) is 9.55 Å². The molecule has 2 heteroatoms. The number of nitrogens with zero attached hydrogens (tertiary/aromatic N) is 2. The van der Waals surface area contributed by atoms with Crippen LogP contribution in [0.1, 0.15) is 31.2 Å². The summed E-state index contributed by atoms with van der Waals surface area (Å²) in [5, 5.41) is 0. The van der Waals surface area contributed by atoms with Crippen LogP contribution in [0.2, 0.25) is 0 Å². The lowest BCUT2D eigenvalue weighted by molar-refractivity contribution is 0.522. The zero-order valence-corrected chi connectivity index (χ0v) is 13.6. The van der Waals surface area contributed by atoms with E-state index < -0.39 is 0 Å². The zero-order valence-electron chi connectivity index (χ0n) is 13.6. The molecule has 1 aliphatic heterocycles. The number of aromatic nitrogens is 2. The molecule has 23 heavy (non-hydrogen) atoms. The molecule has 0 unspecified atom stereocenters. The highest BCUT2D eigenvalue weighted by atomic mass is 15.1. The first-order valence-electron chi connectivity index (χ1n) is 8.59. The van der Waals surface area contributed by atoms with Crippen LogP contribution < -0.4 is 0 Å². The molecule has 1 aromatic heterocycles. The maximum Gasteiger partial charge on any atom is 0.109 e. The largest absolute Gasteiger partial charge is 0.334 e. The normalized spacial score (nSPS) is 13.8. The van der Waals surface area contributed by atoms with Crippen LogP contribution in [0.3, 0.4) is 0 Å². The van der Waals surface area contributed by atoms with Gasteiger partial charge in [0.1, 0.15) is 5.82 Å². The average Bonchev–Trinajstić information content (AvgIpc) is 3.06. The lowest BCUT2D eigenvalue weighted by Crippen LogP contribution is -2.08. The Morgan fingerprint density at radius 1 is 0.870 bits per heavy atom. The molecule has 0 bridgehead atoms. The molecule has 0 saturated heterocycles. The molecule has 0 spiro atoms. The van der Waals surface area contributed by atoms with Gasteiger partial charge in [0.25, 0.3) is 0 Å². The Labute approximate surface area is 137 Å². The van der Waals surface area contributed by atoms with Gasteiger partial charge in [-0.15, -0.1) is 0 Å². The van der Waals surface area contributed by atoms with Crippen molar-refractivity contribution < 1.29 is 0 Å². The van der Waals surface area contributed by atoms with Gasteiger partial charge in [-0.05, 0) is 36.0 Å². The summed E-state index contributed by atoms with van der Waals surface area (Å²) in [5.41, 5.74) is 6.24. The standard InChI is InChI=1S/C21H22N2/c1-2-16-6-8-17(9-7-16)18-10-12-19(13-11-18)20-15-23-14-4-3-5-21(23)22-20/h6-13,15H,2-5,14H2,1H3. The van der Waals surface area contributed by atoms with Crippen molar-refractivity contribution in [3.63, 3.8) is 0 Å². The first-order chi connectivity index (χ1) is 11.3. The Morgan fingerprint density at radius 2 is 1.52 bits per heavy atom. The second kappa shape index (κ2) is 6.04. The third kappa shape index (κ3) is 2.81. The highest BCUT2D eigenvalue weighted by Crippen LogP contribution is 2.26. The van der Waals surface area contributed by atoms with Gasteiger partial charge in [-0.2, -0.15) is 0 Å². The molecule has 3 aromatic rings. The van der Waals surface area contributed by atoms with Crippen LogP contribution in [0.4, 0.5) is 0 Å². The molecule has 116 valence electrons. The van der Waals surface area contributed by atoms with E-state index in [2.05, 4.69) is 66.2 Å². The van der Waals surface area contributed by atoms with Crippen LogP contribution >= 0.6 is 0 Å². The van der Waals surface area contributed by atoms with E-state index >= 15 is 0 Å². The van der Waals surface area contributed by atoms with Gasteiger partial charge >= 0.3 is 0 Å². The minimum atomic E-state index is 1.09. The van der Waals surface area contributed by atoms with Crippen molar-refractivity contribution in [2.24, 2.45) is 0 Å². The number of hydrogen-bond donors (Lipinski definition) is 0. The summed E-state index contributed by atoms with van der Waals surface area (Å²) in [7, 11) is 0. The zero-order chi connectivity index (χ0) is 15.6. The van der Waals surface area contributed by atoms with E-state index in [0.717, 1.165) is 25.1 Å². The number of aryl methyl sites for hydroxylation is 3. The van der Waals surface area contributed by atoms with E-state index in [9.17, 15) is 0 Å².